The van der Waals surface area contributed by atoms with Gasteiger partial charge in [0.25, 0.3) is 0 Å². The maximum Gasteiger partial charge on any atom is 0.327 e. The first-order chi connectivity index (χ1) is 9.93. The Hall–Kier alpha value is -0.910. The second kappa shape index (κ2) is 8.51. The zero-order valence-corrected chi connectivity index (χ0v) is 14.4. The normalized spacial score (nSPS) is 21.9. The van der Waals surface area contributed by atoms with Crippen molar-refractivity contribution < 1.29 is 14.7 Å². The number of aliphatic carboxylic acids is 1. The Balaban J connectivity index is 2.85. The highest BCUT2D eigenvalue weighted by molar-refractivity contribution is 8.00. The number of hydrogen-bond donors (Lipinski definition) is 1. The smallest absolute Gasteiger partial charge is 0.327 e. The number of carbonyl (C=O) groups is 2. The number of carboxylic acids is 1. The molecule has 2 atom stereocenters. The zero-order chi connectivity index (χ0) is 16.0. The first-order valence-corrected chi connectivity index (χ1v) is 8.92. The van der Waals surface area contributed by atoms with Crippen molar-refractivity contribution in [3.63, 3.8) is 0 Å². The molecule has 0 radical (unpaired) electrons. The van der Waals surface area contributed by atoms with Gasteiger partial charge in [0.05, 0.1) is 5.37 Å². The highest BCUT2D eigenvalue weighted by Crippen LogP contribution is 2.32. The van der Waals surface area contributed by atoms with Gasteiger partial charge in [-0.15, -0.1) is 11.8 Å². The van der Waals surface area contributed by atoms with Crippen LogP contribution >= 0.6 is 11.8 Å². The van der Waals surface area contributed by atoms with Crippen molar-refractivity contribution >= 4 is 23.8 Å². The maximum atomic E-state index is 12.8. The van der Waals surface area contributed by atoms with Gasteiger partial charge in [-0.25, -0.2) is 9.59 Å². The summed E-state index contributed by atoms with van der Waals surface area (Å²) in [6.45, 7) is 8.81. The van der Waals surface area contributed by atoms with Crippen LogP contribution < -0.4 is 0 Å². The van der Waals surface area contributed by atoms with Crippen LogP contribution in [0.2, 0.25) is 0 Å². The molecule has 0 aromatic rings. The lowest BCUT2D eigenvalue weighted by atomic mass is 10.2. The van der Waals surface area contributed by atoms with Gasteiger partial charge in [0.1, 0.15) is 6.04 Å². The summed E-state index contributed by atoms with van der Waals surface area (Å²) in [6.07, 6.45) is 3.94. The third-order valence-electron chi connectivity index (χ3n) is 3.82. The van der Waals surface area contributed by atoms with Crippen molar-refractivity contribution in [3.8, 4) is 0 Å². The van der Waals surface area contributed by atoms with Gasteiger partial charge in [-0.05, 0) is 26.7 Å². The summed E-state index contributed by atoms with van der Waals surface area (Å²) in [6, 6.07) is -0.725. The number of urea groups is 1. The first-order valence-electron chi connectivity index (χ1n) is 7.87. The molecule has 6 heteroatoms. The molecule has 0 aromatic carbocycles. The van der Waals surface area contributed by atoms with Crippen molar-refractivity contribution in [2.24, 2.45) is 0 Å². The molecule has 0 aromatic heterocycles. The van der Waals surface area contributed by atoms with E-state index in [-0.39, 0.29) is 17.4 Å². The molecule has 0 saturated carbocycles. The van der Waals surface area contributed by atoms with Gasteiger partial charge in [0.15, 0.2) is 0 Å². The van der Waals surface area contributed by atoms with E-state index in [4.69, 9.17) is 0 Å². The maximum absolute atomic E-state index is 12.8. The monoisotopic (exact) mass is 316 g/mol. The van der Waals surface area contributed by atoms with E-state index in [2.05, 4.69) is 6.92 Å². The molecule has 1 saturated heterocycles. The quantitative estimate of drug-likeness (QED) is 0.732. The number of hydrogen-bond acceptors (Lipinski definition) is 3. The van der Waals surface area contributed by atoms with Crippen LogP contribution in [0, 0.1) is 0 Å². The fraction of sp³-hybridized carbons (Fsp3) is 0.867. The minimum absolute atomic E-state index is 0.0222. The van der Waals surface area contributed by atoms with E-state index in [9.17, 15) is 14.7 Å². The Bertz CT molecular complexity index is 363. The lowest BCUT2D eigenvalue weighted by Crippen LogP contribution is -2.53. The Morgan fingerprint density at radius 3 is 2.48 bits per heavy atom. The Kier molecular flexibility index (Phi) is 7.35. The zero-order valence-electron chi connectivity index (χ0n) is 13.5. The second-order valence-electron chi connectivity index (χ2n) is 5.73. The first kappa shape index (κ1) is 18.1. The number of thioether (sulfide) groups is 1. The van der Waals surface area contributed by atoms with Crippen LogP contribution in [-0.2, 0) is 4.79 Å². The molecule has 2 amide bonds. The second-order valence-corrected chi connectivity index (χ2v) is 6.95. The molecule has 1 aliphatic rings. The van der Waals surface area contributed by atoms with Crippen LogP contribution in [0.4, 0.5) is 4.79 Å². The number of unbranched alkanes of at least 4 members (excludes halogenated alkanes) is 2. The minimum Gasteiger partial charge on any atom is -0.480 e. The van der Waals surface area contributed by atoms with Crippen LogP contribution in [0.1, 0.15) is 53.4 Å². The van der Waals surface area contributed by atoms with E-state index in [0.29, 0.717) is 12.3 Å². The van der Waals surface area contributed by atoms with Crippen LogP contribution in [0.5, 0.6) is 0 Å². The molecule has 0 bridgehead atoms. The number of carboxylic acid groups (broad SMARTS) is 1. The topological polar surface area (TPSA) is 60.9 Å². The lowest BCUT2D eigenvalue weighted by Gasteiger charge is -2.35. The Morgan fingerprint density at radius 1 is 1.33 bits per heavy atom. The predicted octanol–water partition coefficient (Wildman–Crippen LogP) is 3.25. The highest BCUT2D eigenvalue weighted by atomic mass is 32.2. The molecule has 1 N–H and O–H groups in total. The van der Waals surface area contributed by atoms with Crippen molar-refractivity contribution in [1.82, 2.24) is 9.80 Å². The molecule has 1 heterocycles. The summed E-state index contributed by atoms with van der Waals surface area (Å²) in [7, 11) is 0. The van der Waals surface area contributed by atoms with Gasteiger partial charge in [0, 0.05) is 18.3 Å². The molecular weight excluding hydrogens is 288 g/mol. The average Bonchev–Trinajstić information content (AvgIpc) is 2.86. The fourth-order valence-electron chi connectivity index (χ4n) is 2.58. The van der Waals surface area contributed by atoms with E-state index in [0.717, 1.165) is 25.7 Å². The largest absolute Gasteiger partial charge is 0.480 e. The van der Waals surface area contributed by atoms with Crippen molar-refractivity contribution in [3.05, 3.63) is 0 Å². The Morgan fingerprint density at radius 2 is 2.00 bits per heavy atom. The molecule has 122 valence electrons. The van der Waals surface area contributed by atoms with E-state index >= 15 is 0 Å². The van der Waals surface area contributed by atoms with E-state index in [1.807, 2.05) is 25.7 Å². The van der Waals surface area contributed by atoms with Gasteiger partial charge in [0.2, 0.25) is 0 Å². The summed E-state index contributed by atoms with van der Waals surface area (Å²) in [4.78, 5) is 27.6. The van der Waals surface area contributed by atoms with Crippen molar-refractivity contribution in [2.45, 2.75) is 70.8 Å². The molecule has 1 rings (SSSR count). The predicted molar refractivity (Wildman–Crippen MR) is 86.6 cm³/mol. The summed E-state index contributed by atoms with van der Waals surface area (Å²) in [5.74, 6) is -0.412. The number of carbonyl (C=O) groups excluding carboxylic acids is 1. The fourth-order valence-corrected chi connectivity index (χ4v) is 3.92. The minimum atomic E-state index is -0.899. The van der Waals surface area contributed by atoms with Crippen LogP contribution in [0.3, 0.4) is 0 Å². The number of rotatable bonds is 7. The lowest BCUT2D eigenvalue weighted by molar-refractivity contribution is -0.141. The summed E-state index contributed by atoms with van der Waals surface area (Å²) in [5, 5.41) is 9.33. The van der Waals surface area contributed by atoms with Gasteiger partial charge >= 0.3 is 12.0 Å². The van der Waals surface area contributed by atoms with Gasteiger partial charge in [-0.1, -0.05) is 26.7 Å². The van der Waals surface area contributed by atoms with Crippen LogP contribution in [0.15, 0.2) is 0 Å². The summed E-state index contributed by atoms with van der Waals surface area (Å²) >= 11 is 1.57. The van der Waals surface area contributed by atoms with Crippen LogP contribution in [-0.4, -0.2) is 56.7 Å². The molecular formula is C15H28N2O3S. The molecule has 5 nitrogen and oxygen atoms in total. The van der Waals surface area contributed by atoms with Crippen molar-refractivity contribution in [2.75, 3.05) is 12.3 Å². The number of amides is 2. The summed E-state index contributed by atoms with van der Waals surface area (Å²) < 4.78 is 0. The molecule has 0 aliphatic carbocycles. The standard InChI is InChI=1S/C15H28N2O3S/c1-5-7-8-9-16(11(3)4)15(20)17-12(14(18)19)10-21-13(17)6-2/h11-13H,5-10H2,1-4H3,(H,18,19). The van der Waals surface area contributed by atoms with Crippen LogP contribution in [0.25, 0.3) is 0 Å². The SMILES string of the molecule is CCCCCN(C(=O)N1C(CC)SCC1C(=O)O)C(C)C. The van der Waals surface area contributed by atoms with Crippen molar-refractivity contribution in [1.29, 1.82) is 0 Å². The third-order valence-corrected chi connectivity index (χ3v) is 5.27. The molecule has 21 heavy (non-hydrogen) atoms. The molecule has 1 fully saturated rings. The van der Waals surface area contributed by atoms with E-state index in [1.165, 1.54) is 0 Å². The summed E-state index contributed by atoms with van der Waals surface area (Å²) in [5.41, 5.74) is 0. The van der Waals surface area contributed by atoms with E-state index in [1.54, 1.807) is 16.7 Å². The van der Waals surface area contributed by atoms with Gasteiger partial charge in [-0.3, -0.25) is 4.90 Å². The molecule has 1 aliphatic heterocycles. The van der Waals surface area contributed by atoms with Gasteiger partial charge < -0.3 is 10.0 Å². The highest BCUT2D eigenvalue weighted by Gasteiger charge is 2.42. The average molecular weight is 316 g/mol. The molecule has 0 spiro atoms. The molecule has 2 unspecified atom stereocenters. The van der Waals surface area contributed by atoms with E-state index < -0.39 is 12.0 Å². The Labute approximate surface area is 132 Å². The third kappa shape index (κ3) is 4.53. The van der Waals surface area contributed by atoms with Gasteiger partial charge in [-0.2, -0.15) is 0 Å². The number of nitrogens with zero attached hydrogens (tertiary/aromatic N) is 2.